The molecule has 1 aliphatic rings. The van der Waals surface area contributed by atoms with Crippen LogP contribution in [0.25, 0.3) is 11.0 Å². The fourth-order valence-electron chi connectivity index (χ4n) is 3.73. The summed E-state index contributed by atoms with van der Waals surface area (Å²) in [6, 6.07) is 1.71. The number of thiocarbonyl (C=S) groups is 1. The van der Waals surface area contributed by atoms with E-state index in [4.69, 9.17) is 16.6 Å². The third kappa shape index (κ3) is 4.60. The van der Waals surface area contributed by atoms with E-state index in [0.717, 1.165) is 44.3 Å². The Labute approximate surface area is 194 Å². The first kappa shape index (κ1) is 23.3. The van der Waals surface area contributed by atoms with Crippen LogP contribution in [0, 0.1) is 6.92 Å². The van der Waals surface area contributed by atoms with Crippen LogP contribution in [0.15, 0.2) is 19.8 Å². The average Bonchev–Trinajstić information content (AvgIpc) is 3.24. The average molecular weight is 512 g/mol. The summed E-state index contributed by atoms with van der Waals surface area (Å²) in [5.74, 6) is -0.523. The number of rotatable bonds is 6. The van der Waals surface area contributed by atoms with Crippen molar-refractivity contribution in [1.29, 1.82) is 0 Å². The second-order valence-electron chi connectivity index (χ2n) is 7.64. The number of phenols is 1. The van der Waals surface area contributed by atoms with Gasteiger partial charge in [0.15, 0.2) is 11.4 Å². The summed E-state index contributed by atoms with van der Waals surface area (Å²) < 4.78 is 6.69. The van der Waals surface area contributed by atoms with Crippen molar-refractivity contribution in [1.82, 2.24) is 4.90 Å². The van der Waals surface area contributed by atoms with Gasteiger partial charge in [-0.3, -0.25) is 4.79 Å². The summed E-state index contributed by atoms with van der Waals surface area (Å²) >= 11 is 10.2. The van der Waals surface area contributed by atoms with E-state index in [1.807, 2.05) is 6.92 Å². The van der Waals surface area contributed by atoms with Crippen LogP contribution in [0.3, 0.4) is 0 Å². The van der Waals surface area contributed by atoms with Gasteiger partial charge in [-0.05, 0) is 67.1 Å². The standard InChI is InChI=1S/C22H26BrNO4S2/c1-4-5-8-14-12(2)15-11-16(23)19(26)17(20(15)28-21(14)27)18(25)13(3)30-22(29)24-9-6-7-10-24/h11,13,26H,4-10H2,1-3H3. The summed E-state index contributed by atoms with van der Waals surface area (Å²) in [4.78, 5) is 28.1. The molecule has 1 unspecified atom stereocenters. The molecule has 3 rings (SSSR count). The van der Waals surface area contributed by atoms with Gasteiger partial charge in [0.25, 0.3) is 0 Å². The Morgan fingerprint density at radius 2 is 2.07 bits per heavy atom. The summed E-state index contributed by atoms with van der Waals surface area (Å²) in [5, 5.41) is 10.8. The minimum Gasteiger partial charge on any atom is -0.506 e. The van der Waals surface area contributed by atoms with Crippen molar-refractivity contribution in [2.75, 3.05) is 13.1 Å². The molecule has 1 N–H and O–H groups in total. The van der Waals surface area contributed by atoms with E-state index in [9.17, 15) is 14.7 Å². The van der Waals surface area contributed by atoms with Gasteiger partial charge < -0.3 is 14.4 Å². The highest BCUT2D eigenvalue weighted by atomic mass is 79.9. The number of ketones is 1. The van der Waals surface area contributed by atoms with Gasteiger partial charge in [-0.2, -0.15) is 0 Å². The van der Waals surface area contributed by atoms with Crippen LogP contribution in [0.1, 0.15) is 61.0 Å². The van der Waals surface area contributed by atoms with Crippen LogP contribution in [-0.4, -0.2) is 38.4 Å². The highest BCUT2D eigenvalue weighted by molar-refractivity contribution is 9.10. The zero-order valence-electron chi connectivity index (χ0n) is 17.4. The lowest BCUT2D eigenvalue weighted by Gasteiger charge is -2.21. The molecule has 0 aliphatic carbocycles. The molecule has 0 saturated carbocycles. The van der Waals surface area contributed by atoms with Crippen molar-refractivity contribution >= 4 is 61.0 Å². The Morgan fingerprint density at radius 3 is 2.70 bits per heavy atom. The Balaban J connectivity index is 2.03. The first-order valence-electron chi connectivity index (χ1n) is 10.2. The van der Waals surface area contributed by atoms with Gasteiger partial charge in [-0.1, -0.05) is 37.3 Å². The molecule has 1 saturated heterocycles. The molecule has 162 valence electrons. The quantitative estimate of drug-likeness (QED) is 0.307. The van der Waals surface area contributed by atoms with E-state index in [1.165, 1.54) is 11.8 Å². The van der Waals surface area contributed by atoms with Crippen LogP contribution in [0.2, 0.25) is 0 Å². The number of carbonyl (C=O) groups excluding carboxylic acids is 1. The molecule has 1 aliphatic heterocycles. The fraction of sp³-hybridized carbons (Fsp3) is 0.500. The van der Waals surface area contributed by atoms with Crippen LogP contribution >= 0.6 is 39.9 Å². The number of aromatic hydroxyl groups is 1. The Bertz CT molecular complexity index is 1040. The molecule has 0 spiro atoms. The first-order chi connectivity index (χ1) is 14.3. The van der Waals surface area contributed by atoms with E-state index < -0.39 is 10.9 Å². The summed E-state index contributed by atoms with van der Waals surface area (Å²) in [6.45, 7) is 7.51. The number of phenolic OH excluding ortho intramolecular Hbond substituents is 1. The van der Waals surface area contributed by atoms with E-state index in [1.54, 1.807) is 13.0 Å². The van der Waals surface area contributed by atoms with Crippen LogP contribution < -0.4 is 5.63 Å². The largest absolute Gasteiger partial charge is 0.506 e. The van der Waals surface area contributed by atoms with E-state index in [2.05, 4.69) is 27.8 Å². The lowest BCUT2D eigenvalue weighted by molar-refractivity contribution is 0.0992. The number of fused-ring (bicyclic) bond motifs is 1. The molecule has 5 nitrogen and oxygen atoms in total. The van der Waals surface area contributed by atoms with E-state index >= 15 is 0 Å². The van der Waals surface area contributed by atoms with Crippen molar-refractivity contribution < 1.29 is 14.3 Å². The number of nitrogens with zero attached hydrogens (tertiary/aromatic N) is 1. The third-order valence-corrected chi connectivity index (χ3v) is 7.72. The molecule has 2 heterocycles. The molecule has 8 heteroatoms. The number of carbonyl (C=O) groups is 1. The summed E-state index contributed by atoms with van der Waals surface area (Å²) in [6.07, 6.45) is 4.67. The fourth-order valence-corrected chi connectivity index (χ4v) is 5.63. The van der Waals surface area contributed by atoms with Crippen LogP contribution in [-0.2, 0) is 6.42 Å². The van der Waals surface area contributed by atoms with E-state index in [0.29, 0.717) is 26.2 Å². The molecule has 0 bridgehead atoms. The van der Waals surface area contributed by atoms with Gasteiger partial charge in [0.1, 0.15) is 15.6 Å². The predicted octanol–water partition coefficient (Wildman–Crippen LogP) is 5.60. The van der Waals surface area contributed by atoms with Crippen molar-refractivity contribution in [2.45, 2.75) is 58.1 Å². The first-order valence-corrected chi connectivity index (χ1v) is 12.3. The van der Waals surface area contributed by atoms with Gasteiger partial charge in [0.2, 0.25) is 0 Å². The highest BCUT2D eigenvalue weighted by Gasteiger charge is 2.29. The second-order valence-corrected chi connectivity index (χ2v) is 10.5. The molecule has 2 aromatic rings. The van der Waals surface area contributed by atoms with Crippen LogP contribution in [0.5, 0.6) is 5.75 Å². The molecule has 1 fully saturated rings. The monoisotopic (exact) mass is 511 g/mol. The van der Waals surface area contributed by atoms with Gasteiger partial charge in [0, 0.05) is 24.0 Å². The van der Waals surface area contributed by atoms with Gasteiger partial charge >= 0.3 is 5.63 Å². The van der Waals surface area contributed by atoms with Crippen molar-refractivity contribution in [3.8, 4) is 5.75 Å². The molecular weight excluding hydrogens is 486 g/mol. The number of benzene rings is 1. The Kier molecular flexibility index (Phi) is 7.63. The number of hydrogen-bond acceptors (Lipinski definition) is 6. The van der Waals surface area contributed by atoms with Gasteiger partial charge in [-0.25, -0.2) is 4.79 Å². The molecule has 1 aromatic carbocycles. The maximum Gasteiger partial charge on any atom is 0.339 e. The lowest BCUT2D eigenvalue weighted by atomic mass is 9.97. The topological polar surface area (TPSA) is 70.8 Å². The zero-order chi connectivity index (χ0) is 22.0. The van der Waals surface area contributed by atoms with E-state index in [-0.39, 0.29) is 22.7 Å². The number of aryl methyl sites for hydroxylation is 1. The highest BCUT2D eigenvalue weighted by Crippen LogP contribution is 2.38. The lowest BCUT2D eigenvalue weighted by Crippen LogP contribution is -2.27. The van der Waals surface area contributed by atoms with Crippen molar-refractivity contribution in [3.05, 3.63) is 37.6 Å². The molecular formula is C22H26BrNO4S2. The summed E-state index contributed by atoms with van der Waals surface area (Å²) in [5.41, 5.74) is 1.14. The van der Waals surface area contributed by atoms with Gasteiger partial charge in [-0.15, -0.1) is 0 Å². The molecule has 30 heavy (non-hydrogen) atoms. The van der Waals surface area contributed by atoms with Crippen molar-refractivity contribution in [3.63, 3.8) is 0 Å². The SMILES string of the molecule is CCCCc1c(C)c2cc(Br)c(O)c(C(=O)C(C)SC(=S)N3CCCC3)c2oc1=O. The van der Waals surface area contributed by atoms with Gasteiger partial charge in [0.05, 0.1) is 9.72 Å². The Hall–Kier alpha value is -1.38. The smallest absolute Gasteiger partial charge is 0.339 e. The minimum absolute atomic E-state index is 0.0332. The maximum atomic E-state index is 13.3. The zero-order valence-corrected chi connectivity index (χ0v) is 20.6. The number of halogens is 1. The maximum absolute atomic E-state index is 13.3. The molecule has 0 radical (unpaired) electrons. The normalized spacial score (nSPS) is 15.0. The number of likely N-dealkylation sites (tertiary alicyclic amines) is 1. The third-order valence-electron chi connectivity index (χ3n) is 5.54. The van der Waals surface area contributed by atoms with Crippen molar-refractivity contribution in [2.24, 2.45) is 0 Å². The van der Waals surface area contributed by atoms with Crippen LogP contribution in [0.4, 0.5) is 0 Å². The second kappa shape index (κ2) is 9.83. The molecule has 0 amide bonds. The number of unbranched alkanes of at least 4 members (excludes halogenated alkanes) is 1. The summed E-state index contributed by atoms with van der Waals surface area (Å²) in [7, 11) is 0. The number of hydrogen-bond donors (Lipinski definition) is 1. The number of thioether (sulfide) groups is 1. The Morgan fingerprint density at radius 1 is 1.40 bits per heavy atom. The molecule has 1 atom stereocenters. The number of Topliss-reactive ketones (excluding diaryl/α,β-unsaturated/α-hetero) is 1. The molecule has 1 aromatic heterocycles. The predicted molar refractivity (Wildman–Crippen MR) is 130 cm³/mol. The minimum atomic E-state index is -0.521.